The number of ether oxygens (including phenoxy) is 3. The quantitative estimate of drug-likeness (QED) is 0.765. The maximum absolute atomic E-state index is 12.6. The van der Waals surface area contributed by atoms with Gasteiger partial charge in [-0.3, -0.25) is 4.79 Å². The summed E-state index contributed by atoms with van der Waals surface area (Å²) in [6.45, 7) is 11.1. The number of benzene rings is 1. The average Bonchev–Trinajstić information content (AvgIpc) is 2.53. The maximum atomic E-state index is 12.6. The number of hydrogen-bond donors (Lipinski definition) is 0. The Kier molecular flexibility index (Phi) is 5.93. The zero-order chi connectivity index (χ0) is 18.7. The van der Waals surface area contributed by atoms with Gasteiger partial charge in [-0.05, 0) is 53.7 Å². The molecule has 0 aliphatic carbocycles. The Morgan fingerprint density at radius 2 is 1.52 bits per heavy atom. The monoisotopic (exact) mass is 349 g/mol. The van der Waals surface area contributed by atoms with Crippen LogP contribution in [0.25, 0.3) is 0 Å². The van der Waals surface area contributed by atoms with Crippen LogP contribution in [0.1, 0.15) is 41.5 Å². The summed E-state index contributed by atoms with van der Waals surface area (Å²) in [4.78, 5) is 26.8. The molecule has 1 aromatic carbocycles. The zero-order valence-corrected chi connectivity index (χ0v) is 15.7. The number of esters is 1. The van der Waals surface area contributed by atoms with Crippen molar-refractivity contribution in [2.75, 3.05) is 0 Å². The Morgan fingerprint density at radius 3 is 2.04 bits per heavy atom. The topological polar surface area (TPSA) is 65.1 Å². The standard InChI is InChI=1S/C19H27NO5/c1-11(2)20(12(3)4)18(21)14(6)24-19(22)17-13(5)23-15-9-7-8-10-16(15)25-17/h7-14,17H,1-6H3. The van der Waals surface area contributed by atoms with Crippen molar-refractivity contribution in [3.63, 3.8) is 0 Å². The van der Waals surface area contributed by atoms with Gasteiger partial charge in [-0.1, -0.05) is 12.1 Å². The predicted molar refractivity (Wildman–Crippen MR) is 93.6 cm³/mol. The molecule has 1 aromatic rings. The van der Waals surface area contributed by atoms with E-state index >= 15 is 0 Å². The van der Waals surface area contributed by atoms with Gasteiger partial charge in [0.25, 0.3) is 5.91 Å². The summed E-state index contributed by atoms with van der Waals surface area (Å²) < 4.78 is 16.8. The van der Waals surface area contributed by atoms with Crippen LogP contribution in [0.3, 0.4) is 0 Å². The van der Waals surface area contributed by atoms with E-state index in [2.05, 4.69) is 0 Å². The molecule has 0 saturated carbocycles. The van der Waals surface area contributed by atoms with Crippen LogP contribution in [-0.2, 0) is 14.3 Å². The number of fused-ring (bicyclic) bond motifs is 1. The molecule has 2 rings (SSSR count). The highest BCUT2D eigenvalue weighted by atomic mass is 16.6. The number of para-hydroxylation sites is 2. The average molecular weight is 349 g/mol. The van der Waals surface area contributed by atoms with Crippen molar-refractivity contribution in [1.82, 2.24) is 4.90 Å². The highest BCUT2D eigenvalue weighted by Gasteiger charge is 2.37. The van der Waals surface area contributed by atoms with Gasteiger partial charge in [0.2, 0.25) is 6.10 Å². The van der Waals surface area contributed by atoms with Crippen LogP contribution in [0.5, 0.6) is 11.5 Å². The van der Waals surface area contributed by atoms with Crippen molar-refractivity contribution in [3.05, 3.63) is 24.3 Å². The van der Waals surface area contributed by atoms with E-state index in [9.17, 15) is 9.59 Å². The number of carbonyl (C=O) groups is 2. The van der Waals surface area contributed by atoms with E-state index < -0.39 is 24.3 Å². The second kappa shape index (κ2) is 7.76. The maximum Gasteiger partial charge on any atom is 0.352 e. The largest absolute Gasteiger partial charge is 0.482 e. The van der Waals surface area contributed by atoms with E-state index in [1.54, 1.807) is 36.9 Å². The summed E-state index contributed by atoms with van der Waals surface area (Å²) in [5, 5.41) is 0. The second-order valence-electron chi connectivity index (χ2n) is 6.82. The summed E-state index contributed by atoms with van der Waals surface area (Å²) in [5.74, 6) is 0.264. The van der Waals surface area contributed by atoms with Gasteiger partial charge in [0.15, 0.2) is 17.6 Å². The van der Waals surface area contributed by atoms with E-state index in [0.29, 0.717) is 11.5 Å². The molecule has 6 heteroatoms. The van der Waals surface area contributed by atoms with Gasteiger partial charge >= 0.3 is 5.97 Å². The molecule has 0 radical (unpaired) electrons. The predicted octanol–water partition coefficient (Wildman–Crippen LogP) is 2.79. The molecule has 0 spiro atoms. The normalized spacial score (nSPS) is 20.3. The summed E-state index contributed by atoms with van der Waals surface area (Å²) in [7, 11) is 0. The summed E-state index contributed by atoms with van der Waals surface area (Å²) in [6.07, 6.45) is -2.29. The molecular weight excluding hydrogens is 322 g/mol. The molecular formula is C19H27NO5. The van der Waals surface area contributed by atoms with E-state index in [0.717, 1.165) is 0 Å². The van der Waals surface area contributed by atoms with Gasteiger partial charge in [0.1, 0.15) is 6.10 Å². The van der Waals surface area contributed by atoms with Gasteiger partial charge in [0.05, 0.1) is 0 Å². The summed E-state index contributed by atoms with van der Waals surface area (Å²) >= 11 is 0. The Balaban J connectivity index is 2.05. The zero-order valence-electron chi connectivity index (χ0n) is 15.7. The molecule has 0 aromatic heterocycles. The molecule has 0 saturated heterocycles. The minimum Gasteiger partial charge on any atom is -0.482 e. The third-order valence-corrected chi connectivity index (χ3v) is 4.08. The number of nitrogens with zero attached hydrogens (tertiary/aromatic N) is 1. The highest BCUT2D eigenvalue weighted by molar-refractivity contribution is 5.85. The van der Waals surface area contributed by atoms with Crippen molar-refractivity contribution in [1.29, 1.82) is 0 Å². The molecule has 0 bridgehead atoms. The van der Waals surface area contributed by atoms with Gasteiger partial charge < -0.3 is 19.1 Å². The van der Waals surface area contributed by atoms with Crippen molar-refractivity contribution < 1.29 is 23.8 Å². The van der Waals surface area contributed by atoms with E-state index in [-0.39, 0.29) is 18.0 Å². The molecule has 25 heavy (non-hydrogen) atoms. The summed E-state index contributed by atoms with van der Waals surface area (Å²) in [5.41, 5.74) is 0. The first-order chi connectivity index (χ1) is 11.7. The third-order valence-electron chi connectivity index (χ3n) is 4.08. The van der Waals surface area contributed by atoms with Gasteiger partial charge in [0, 0.05) is 12.1 Å². The lowest BCUT2D eigenvalue weighted by Gasteiger charge is -2.34. The molecule has 1 aliphatic rings. The molecule has 3 unspecified atom stereocenters. The third kappa shape index (κ3) is 4.24. The van der Waals surface area contributed by atoms with Crippen molar-refractivity contribution in [2.24, 2.45) is 0 Å². The number of rotatable bonds is 5. The molecule has 0 fully saturated rings. The number of carbonyl (C=O) groups excluding carboxylic acids is 2. The van der Waals surface area contributed by atoms with Crippen LogP contribution in [0.2, 0.25) is 0 Å². The minimum absolute atomic E-state index is 0.0220. The second-order valence-corrected chi connectivity index (χ2v) is 6.82. The highest BCUT2D eigenvalue weighted by Crippen LogP contribution is 2.33. The first-order valence-electron chi connectivity index (χ1n) is 8.67. The number of hydrogen-bond acceptors (Lipinski definition) is 5. The van der Waals surface area contributed by atoms with Crippen LogP contribution in [-0.4, -0.2) is 47.2 Å². The van der Waals surface area contributed by atoms with Gasteiger partial charge in [-0.15, -0.1) is 0 Å². The molecule has 6 nitrogen and oxygen atoms in total. The minimum atomic E-state index is -0.906. The molecule has 3 atom stereocenters. The fourth-order valence-corrected chi connectivity index (χ4v) is 2.99. The van der Waals surface area contributed by atoms with Crippen molar-refractivity contribution >= 4 is 11.9 Å². The Morgan fingerprint density at radius 1 is 1.00 bits per heavy atom. The van der Waals surface area contributed by atoms with Crippen LogP contribution in [0.4, 0.5) is 0 Å². The van der Waals surface area contributed by atoms with Gasteiger partial charge in [-0.25, -0.2) is 4.79 Å². The lowest BCUT2D eigenvalue weighted by atomic mass is 10.1. The van der Waals surface area contributed by atoms with Crippen LogP contribution in [0, 0.1) is 0 Å². The van der Waals surface area contributed by atoms with Crippen LogP contribution >= 0.6 is 0 Å². The number of amides is 1. The first-order valence-corrected chi connectivity index (χ1v) is 8.67. The first kappa shape index (κ1) is 19.1. The van der Waals surface area contributed by atoms with E-state index in [1.807, 2.05) is 33.8 Å². The lowest BCUT2D eigenvalue weighted by Crippen LogP contribution is -2.50. The summed E-state index contributed by atoms with van der Waals surface area (Å²) in [6, 6.07) is 7.19. The van der Waals surface area contributed by atoms with E-state index in [1.165, 1.54) is 0 Å². The molecule has 1 aliphatic heterocycles. The van der Waals surface area contributed by atoms with E-state index in [4.69, 9.17) is 14.2 Å². The Labute approximate surface area is 149 Å². The van der Waals surface area contributed by atoms with Gasteiger partial charge in [-0.2, -0.15) is 0 Å². The SMILES string of the molecule is CC(OC(=O)C1Oc2ccccc2OC1C)C(=O)N(C(C)C)C(C)C. The molecule has 1 amide bonds. The van der Waals surface area contributed by atoms with Crippen LogP contribution in [0.15, 0.2) is 24.3 Å². The fourth-order valence-electron chi connectivity index (χ4n) is 2.99. The molecule has 138 valence electrons. The van der Waals surface area contributed by atoms with Crippen molar-refractivity contribution in [2.45, 2.75) is 71.9 Å². The fraction of sp³-hybridized carbons (Fsp3) is 0.579. The van der Waals surface area contributed by atoms with Crippen molar-refractivity contribution in [3.8, 4) is 11.5 Å². The smallest absolute Gasteiger partial charge is 0.352 e. The molecule has 0 N–H and O–H groups in total. The molecule has 1 heterocycles. The Hall–Kier alpha value is -2.24. The Bertz CT molecular complexity index is 620. The van der Waals surface area contributed by atoms with Crippen LogP contribution < -0.4 is 9.47 Å². The lowest BCUT2D eigenvalue weighted by molar-refractivity contribution is -0.170.